The number of amides is 1. The van der Waals surface area contributed by atoms with E-state index in [-0.39, 0.29) is 11.3 Å². The van der Waals surface area contributed by atoms with Gasteiger partial charge in [-0.1, -0.05) is 29.8 Å². The van der Waals surface area contributed by atoms with Crippen molar-refractivity contribution in [3.8, 4) is 0 Å². The van der Waals surface area contributed by atoms with Crippen molar-refractivity contribution in [2.45, 2.75) is 20.8 Å². The lowest BCUT2D eigenvalue weighted by molar-refractivity contribution is -0.385. The number of hydrogen-bond donors (Lipinski definition) is 1. The molecular formula is C18H18N2O5. The third-order valence-electron chi connectivity index (χ3n) is 3.60. The van der Waals surface area contributed by atoms with Gasteiger partial charge in [0.25, 0.3) is 11.6 Å². The Morgan fingerprint density at radius 1 is 1.12 bits per heavy atom. The summed E-state index contributed by atoms with van der Waals surface area (Å²) in [5.41, 5.74) is 2.99. The number of aryl methyl sites for hydroxylation is 3. The fourth-order valence-corrected chi connectivity index (χ4v) is 2.57. The van der Waals surface area contributed by atoms with Gasteiger partial charge in [0.2, 0.25) is 0 Å². The predicted octanol–water partition coefficient (Wildman–Crippen LogP) is 3.32. The number of carbonyl (C=O) groups is 2. The minimum Gasteiger partial charge on any atom is -0.452 e. The maximum absolute atomic E-state index is 12.0. The average Bonchev–Trinajstić information content (AvgIpc) is 2.55. The quantitative estimate of drug-likeness (QED) is 0.510. The van der Waals surface area contributed by atoms with E-state index in [9.17, 15) is 19.7 Å². The minimum absolute atomic E-state index is 0.192. The van der Waals surface area contributed by atoms with E-state index in [4.69, 9.17) is 4.74 Å². The van der Waals surface area contributed by atoms with Gasteiger partial charge in [-0.05, 0) is 38.0 Å². The minimum atomic E-state index is -0.917. The number of rotatable bonds is 5. The summed E-state index contributed by atoms with van der Waals surface area (Å²) in [7, 11) is 0. The molecule has 0 bridgehead atoms. The molecule has 0 radical (unpaired) electrons. The van der Waals surface area contributed by atoms with Crippen molar-refractivity contribution in [1.82, 2.24) is 0 Å². The SMILES string of the molecule is Cc1cc(C)c(NC(=O)COC(=O)c2ccccc2[N+](=O)[O-])c(C)c1. The van der Waals surface area contributed by atoms with Gasteiger partial charge in [-0.2, -0.15) is 0 Å². The Hall–Kier alpha value is -3.22. The molecule has 0 unspecified atom stereocenters. The molecule has 1 N–H and O–H groups in total. The second kappa shape index (κ2) is 7.57. The number of nitrogens with one attached hydrogen (secondary N) is 1. The zero-order chi connectivity index (χ0) is 18.6. The van der Waals surface area contributed by atoms with Crippen LogP contribution in [0.1, 0.15) is 27.0 Å². The molecule has 7 heteroatoms. The number of benzene rings is 2. The van der Waals surface area contributed by atoms with Crippen LogP contribution >= 0.6 is 0 Å². The summed E-state index contributed by atoms with van der Waals surface area (Å²) < 4.78 is 4.90. The van der Waals surface area contributed by atoms with Crippen LogP contribution in [0.2, 0.25) is 0 Å². The molecular weight excluding hydrogens is 324 g/mol. The van der Waals surface area contributed by atoms with Crippen LogP contribution in [0.3, 0.4) is 0 Å². The molecule has 7 nitrogen and oxygen atoms in total. The van der Waals surface area contributed by atoms with Crippen LogP contribution in [0.25, 0.3) is 0 Å². The van der Waals surface area contributed by atoms with Crippen LogP contribution in [0.5, 0.6) is 0 Å². The molecule has 0 atom stereocenters. The second-order valence-electron chi connectivity index (χ2n) is 5.67. The number of nitrogens with zero attached hydrogens (tertiary/aromatic N) is 1. The van der Waals surface area contributed by atoms with E-state index in [0.717, 1.165) is 16.7 Å². The molecule has 0 aliphatic carbocycles. The molecule has 2 rings (SSSR count). The molecule has 0 saturated carbocycles. The third-order valence-corrected chi connectivity index (χ3v) is 3.60. The van der Waals surface area contributed by atoms with Gasteiger partial charge < -0.3 is 10.1 Å². The molecule has 0 heterocycles. The lowest BCUT2D eigenvalue weighted by atomic mass is 10.1. The fourth-order valence-electron chi connectivity index (χ4n) is 2.57. The summed E-state index contributed by atoms with van der Waals surface area (Å²) in [6, 6.07) is 9.29. The Kier molecular flexibility index (Phi) is 5.49. The molecule has 0 aliphatic heterocycles. The molecule has 2 aromatic rings. The van der Waals surface area contributed by atoms with Gasteiger partial charge in [0, 0.05) is 11.8 Å². The molecule has 1 amide bonds. The topological polar surface area (TPSA) is 98.5 Å². The Balaban J connectivity index is 2.04. The monoisotopic (exact) mass is 342 g/mol. The largest absolute Gasteiger partial charge is 0.452 e. The van der Waals surface area contributed by atoms with Gasteiger partial charge in [-0.15, -0.1) is 0 Å². The van der Waals surface area contributed by atoms with Gasteiger partial charge in [0.05, 0.1) is 4.92 Å². The first-order valence-corrected chi connectivity index (χ1v) is 7.58. The van der Waals surface area contributed by atoms with Gasteiger partial charge in [0.15, 0.2) is 6.61 Å². The van der Waals surface area contributed by atoms with E-state index in [2.05, 4.69) is 5.32 Å². The van der Waals surface area contributed by atoms with Crippen molar-refractivity contribution >= 4 is 23.3 Å². The van der Waals surface area contributed by atoms with Crippen LogP contribution in [-0.4, -0.2) is 23.4 Å². The Labute approximate surface area is 144 Å². The first-order chi connectivity index (χ1) is 11.8. The van der Waals surface area contributed by atoms with Gasteiger partial charge in [-0.25, -0.2) is 4.79 Å². The van der Waals surface area contributed by atoms with E-state index in [0.29, 0.717) is 5.69 Å². The highest BCUT2D eigenvalue weighted by Gasteiger charge is 2.21. The molecule has 0 aromatic heterocycles. The van der Waals surface area contributed by atoms with E-state index < -0.39 is 23.4 Å². The van der Waals surface area contributed by atoms with Crippen molar-refractivity contribution in [2.24, 2.45) is 0 Å². The maximum Gasteiger partial charge on any atom is 0.345 e. The van der Waals surface area contributed by atoms with Crippen molar-refractivity contribution < 1.29 is 19.2 Å². The summed E-state index contributed by atoms with van der Waals surface area (Å²) in [4.78, 5) is 34.3. The Morgan fingerprint density at radius 2 is 1.72 bits per heavy atom. The van der Waals surface area contributed by atoms with Gasteiger partial charge in [0.1, 0.15) is 5.56 Å². The number of hydrogen-bond acceptors (Lipinski definition) is 5. The first kappa shape index (κ1) is 18.1. The Bertz CT molecular complexity index is 822. The zero-order valence-electron chi connectivity index (χ0n) is 14.2. The first-order valence-electron chi connectivity index (χ1n) is 7.58. The smallest absolute Gasteiger partial charge is 0.345 e. The third kappa shape index (κ3) is 4.41. The highest BCUT2D eigenvalue weighted by Crippen LogP contribution is 2.22. The normalized spacial score (nSPS) is 10.2. The highest BCUT2D eigenvalue weighted by atomic mass is 16.6. The molecule has 25 heavy (non-hydrogen) atoms. The van der Waals surface area contributed by atoms with Crippen LogP contribution in [0, 0.1) is 30.9 Å². The van der Waals surface area contributed by atoms with Crippen molar-refractivity contribution in [2.75, 3.05) is 11.9 Å². The van der Waals surface area contributed by atoms with E-state index in [1.165, 1.54) is 24.3 Å². The van der Waals surface area contributed by atoms with Crippen LogP contribution in [-0.2, 0) is 9.53 Å². The standard InChI is InChI=1S/C18H18N2O5/c1-11-8-12(2)17(13(3)9-11)19-16(21)10-25-18(22)14-6-4-5-7-15(14)20(23)24/h4-9H,10H2,1-3H3,(H,19,21). The predicted molar refractivity (Wildman–Crippen MR) is 92.7 cm³/mol. The van der Waals surface area contributed by atoms with Crippen LogP contribution in [0.4, 0.5) is 11.4 Å². The summed E-state index contributed by atoms with van der Waals surface area (Å²) in [6.45, 7) is 5.17. The number of nitro groups is 1. The molecule has 130 valence electrons. The van der Waals surface area contributed by atoms with Crippen molar-refractivity contribution in [3.63, 3.8) is 0 Å². The van der Waals surface area contributed by atoms with E-state index in [1.54, 1.807) is 0 Å². The summed E-state index contributed by atoms with van der Waals surface area (Å²) in [5.74, 6) is -1.43. The van der Waals surface area contributed by atoms with E-state index >= 15 is 0 Å². The zero-order valence-corrected chi connectivity index (χ0v) is 14.2. The van der Waals surface area contributed by atoms with Crippen molar-refractivity contribution in [3.05, 3.63) is 68.8 Å². The summed E-state index contributed by atoms with van der Waals surface area (Å²) in [6.07, 6.45) is 0. The molecule has 0 fully saturated rings. The van der Waals surface area contributed by atoms with Gasteiger partial charge >= 0.3 is 5.97 Å². The summed E-state index contributed by atoms with van der Waals surface area (Å²) >= 11 is 0. The molecule has 2 aromatic carbocycles. The van der Waals surface area contributed by atoms with Crippen molar-refractivity contribution in [1.29, 1.82) is 0 Å². The average molecular weight is 342 g/mol. The van der Waals surface area contributed by atoms with Crippen LogP contribution < -0.4 is 5.32 Å². The van der Waals surface area contributed by atoms with Crippen LogP contribution in [0.15, 0.2) is 36.4 Å². The molecule has 0 spiro atoms. The number of nitro benzene ring substituents is 1. The fraction of sp³-hybridized carbons (Fsp3) is 0.222. The number of carbonyl (C=O) groups excluding carboxylic acids is 2. The lowest BCUT2D eigenvalue weighted by Crippen LogP contribution is -2.22. The number of para-hydroxylation sites is 1. The highest BCUT2D eigenvalue weighted by molar-refractivity contribution is 5.98. The number of anilines is 1. The second-order valence-corrected chi connectivity index (χ2v) is 5.67. The molecule has 0 saturated heterocycles. The Morgan fingerprint density at radius 3 is 2.32 bits per heavy atom. The van der Waals surface area contributed by atoms with Gasteiger partial charge in [-0.3, -0.25) is 14.9 Å². The lowest BCUT2D eigenvalue weighted by Gasteiger charge is -2.13. The molecule has 0 aliphatic rings. The maximum atomic E-state index is 12.0. The summed E-state index contributed by atoms with van der Waals surface area (Å²) in [5, 5.41) is 13.6. The number of esters is 1. The van der Waals surface area contributed by atoms with E-state index in [1.807, 2.05) is 32.9 Å². The number of ether oxygens (including phenoxy) is 1.